The first kappa shape index (κ1) is 11.0. The fourth-order valence-electron chi connectivity index (χ4n) is 1.57. The number of hydrogen-bond acceptors (Lipinski definition) is 1. The van der Waals surface area contributed by atoms with Crippen LogP contribution in [0.25, 0.3) is 10.9 Å². The molecule has 0 aliphatic carbocycles. The van der Waals surface area contributed by atoms with Crippen molar-refractivity contribution in [1.82, 2.24) is 10.2 Å². The van der Waals surface area contributed by atoms with Crippen LogP contribution in [0.2, 0.25) is 0 Å². The zero-order valence-electron chi connectivity index (χ0n) is 9.51. The van der Waals surface area contributed by atoms with Gasteiger partial charge in [-0.2, -0.15) is 5.10 Å². The molecule has 16 heavy (non-hydrogen) atoms. The Balaban J connectivity index is 2.54. The van der Waals surface area contributed by atoms with Gasteiger partial charge < -0.3 is 0 Å². The van der Waals surface area contributed by atoms with Gasteiger partial charge in [-0.25, -0.2) is 8.78 Å². The predicted octanol–water partition coefficient (Wildman–Crippen LogP) is 3.70. The Bertz CT molecular complexity index is 509. The van der Waals surface area contributed by atoms with Gasteiger partial charge in [-0.15, -0.1) is 0 Å². The van der Waals surface area contributed by atoms with E-state index >= 15 is 0 Å². The molecule has 0 fully saturated rings. The molecule has 0 atom stereocenters. The van der Waals surface area contributed by atoms with Crippen LogP contribution < -0.4 is 0 Å². The van der Waals surface area contributed by atoms with Crippen LogP contribution in [0.4, 0.5) is 8.78 Å². The summed E-state index contributed by atoms with van der Waals surface area (Å²) in [6.07, 6.45) is 1.55. The SMILES string of the molecule is CC(C)(C)C(F)(F)c1ccc2[nH]ncc2c1. The zero-order valence-corrected chi connectivity index (χ0v) is 9.51. The van der Waals surface area contributed by atoms with Gasteiger partial charge in [0.15, 0.2) is 0 Å². The maximum absolute atomic E-state index is 14.1. The van der Waals surface area contributed by atoms with E-state index in [1.54, 1.807) is 12.3 Å². The van der Waals surface area contributed by atoms with Crippen LogP contribution in [0.15, 0.2) is 24.4 Å². The van der Waals surface area contributed by atoms with E-state index in [0.29, 0.717) is 5.39 Å². The molecule has 0 bridgehead atoms. The number of nitrogens with one attached hydrogen (secondary N) is 1. The van der Waals surface area contributed by atoms with Crippen molar-refractivity contribution in [3.63, 3.8) is 0 Å². The van der Waals surface area contributed by atoms with Gasteiger partial charge in [-0.05, 0) is 12.1 Å². The molecule has 4 heteroatoms. The second-order valence-electron chi connectivity index (χ2n) is 5.00. The molecular formula is C12H14F2N2. The first-order chi connectivity index (χ1) is 7.32. The van der Waals surface area contributed by atoms with E-state index in [0.717, 1.165) is 5.52 Å². The molecule has 1 aromatic heterocycles. The minimum Gasteiger partial charge on any atom is -0.278 e. The second kappa shape index (κ2) is 3.27. The van der Waals surface area contributed by atoms with E-state index in [9.17, 15) is 8.78 Å². The van der Waals surface area contributed by atoms with Crippen LogP contribution in [0.3, 0.4) is 0 Å². The third-order valence-electron chi connectivity index (χ3n) is 2.74. The summed E-state index contributed by atoms with van der Waals surface area (Å²) in [5.74, 6) is -2.85. The number of H-pyrrole nitrogens is 1. The average Bonchev–Trinajstić information content (AvgIpc) is 2.61. The Morgan fingerprint density at radius 3 is 2.50 bits per heavy atom. The molecule has 0 amide bonds. The Morgan fingerprint density at radius 1 is 1.19 bits per heavy atom. The minimum absolute atomic E-state index is 0.0360. The van der Waals surface area contributed by atoms with Crippen molar-refractivity contribution < 1.29 is 8.78 Å². The first-order valence-corrected chi connectivity index (χ1v) is 5.14. The van der Waals surface area contributed by atoms with Crippen molar-refractivity contribution in [2.24, 2.45) is 5.41 Å². The smallest absolute Gasteiger partial charge is 0.277 e. The molecule has 0 radical (unpaired) electrons. The topological polar surface area (TPSA) is 28.7 Å². The molecule has 0 aliphatic rings. The van der Waals surface area contributed by atoms with Gasteiger partial charge in [0.05, 0.1) is 11.7 Å². The number of hydrogen-bond donors (Lipinski definition) is 1. The Hall–Kier alpha value is -1.45. The van der Waals surface area contributed by atoms with E-state index in [4.69, 9.17) is 0 Å². The van der Waals surface area contributed by atoms with Gasteiger partial charge >= 0.3 is 0 Å². The molecular weight excluding hydrogens is 210 g/mol. The van der Waals surface area contributed by atoms with E-state index in [1.807, 2.05) is 0 Å². The van der Waals surface area contributed by atoms with Crippen molar-refractivity contribution >= 4 is 10.9 Å². The molecule has 0 unspecified atom stereocenters. The molecule has 0 saturated carbocycles. The highest BCUT2D eigenvalue weighted by atomic mass is 19.3. The van der Waals surface area contributed by atoms with Gasteiger partial charge in [-0.1, -0.05) is 26.8 Å². The van der Waals surface area contributed by atoms with E-state index in [1.165, 1.54) is 32.9 Å². The summed E-state index contributed by atoms with van der Waals surface area (Å²) in [4.78, 5) is 0. The van der Waals surface area contributed by atoms with E-state index in [2.05, 4.69) is 10.2 Å². The van der Waals surface area contributed by atoms with Crippen molar-refractivity contribution in [1.29, 1.82) is 0 Å². The van der Waals surface area contributed by atoms with Gasteiger partial charge in [0.25, 0.3) is 5.92 Å². The number of aromatic nitrogens is 2. The monoisotopic (exact) mass is 224 g/mol. The fraction of sp³-hybridized carbons (Fsp3) is 0.417. The highest BCUT2D eigenvalue weighted by molar-refractivity contribution is 5.78. The molecule has 0 saturated heterocycles. The lowest BCUT2D eigenvalue weighted by Crippen LogP contribution is -2.31. The summed E-state index contributed by atoms with van der Waals surface area (Å²) in [6.45, 7) is 4.60. The maximum Gasteiger partial charge on any atom is 0.277 e. The maximum atomic E-state index is 14.1. The quantitative estimate of drug-likeness (QED) is 0.786. The lowest BCUT2D eigenvalue weighted by atomic mass is 9.83. The second-order valence-corrected chi connectivity index (χ2v) is 5.00. The molecule has 1 N–H and O–H groups in total. The molecule has 2 aromatic rings. The lowest BCUT2D eigenvalue weighted by molar-refractivity contribution is -0.104. The van der Waals surface area contributed by atoms with Gasteiger partial charge in [0, 0.05) is 16.4 Å². The summed E-state index contributed by atoms with van der Waals surface area (Å²) in [7, 11) is 0. The Morgan fingerprint density at radius 2 is 1.88 bits per heavy atom. The Labute approximate surface area is 92.7 Å². The van der Waals surface area contributed by atoms with E-state index in [-0.39, 0.29) is 5.56 Å². The predicted molar refractivity (Wildman–Crippen MR) is 59.4 cm³/mol. The van der Waals surface area contributed by atoms with Crippen molar-refractivity contribution in [2.45, 2.75) is 26.7 Å². The summed E-state index contributed by atoms with van der Waals surface area (Å²) >= 11 is 0. The fourth-order valence-corrected chi connectivity index (χ4v) is 1.57. The Kier molecular flexibility index (Phi) is 2.26. The average molecular weight is 224 g/mol. The van der Waals surface area contributed by atoms with Crippen LogP contribution in [-0.2, 0) is 5.92 Å². The number of nitrogens with zero attached hydrogens (tertiary/aromatic N) is 1. The number of rotatable bonds is 1. The zero-order chi connectivity index (χ0) is 12.0. The summed E-state index contributed by atoms with van der Waals surface area (Å²) in [5.41, 5.74) is -0.285. The largest absolute Gasteiger partial charge is 0.278 e. The highest BCUT2D eigenvalue weighted by Gasteiger charge is 2.44. The lowest BCUT2D eigenvalue weighted by Gasteiger charge is -2.30. The molecule has 1 aromatic carbocycles. The molecule has 0 spiro atoms. The minimum atomic E-state index is -2.85. The first-order valence-electron chi connectivity index (χ1n) is 5.14. The summed E-state index contributed by atoms with van der Waals surface area (Å²) < 4.78 is 28.1. The molecule has 86 valence electrons. The van der Waals surface area contributed by atoms with Crippen molar-refractivity contribution in [3.05, 3.63) is 30.0 Å². The molecule has 2 nitrogen and oxygen atoms in total. The number of benzene rings is 1. The van der Waals surface area contributed by atoms with Gasteiger partial charge in [0.1, 0.15) is 0 Å². The molecule has 1 heterocycles. The van der Waals surface area contributed by atoms with E-state index < -0.39 is 11.3 Å². The molecule has 2 rings (SSSR count). The number of aromatic amines is 1. The third-order valence-corrected chi connectivity index (χ3v) is 2.74. The third kappa shape index (κ3) is 1.58. The number of alkyl halides is 2. The van der Waals surface area contributed by atoms with Crippen molar-refractivity contribution in [2.75, 3.05) is 0 Å². The summed E-state index contributed by atoms with van der Waals surface area (Å²) in [5, 5.41) is 7.27. The standard InChI is InChI=1S/C12H14F2N2/c1-11(2,3)12(13,14)9-4-5-10-8(6-9)7-15-16-10/h4-7H,1-3H3,(H,15,16). The van der Waals surface area contributed by atoms with Crippen LogP contribution in [0, 0.1) is 5.41 Å². The molecule has 0 aliphatic heterocycles. The number of fused-ring (bicyclic) bond motifs is 1. The van der Waals surface area contributed by atoms with Gasteiger partial charge in [0.2, 0.25) is 0 Å². The summed E-state index contributed by atoms with van der Waals surface area (Å²) in [6, 6.07) is 4.58. The van der Waals surface area contributed by atoms with Crippen LogP contribution in [-0.4, -0.2) is 10.2 Å². The highest BCUT2D eigenvalue weighted by Crippen LogP contribution is 2.44. The number of halogens is 2. The van der Waals surface area contributed by atoms with Gasteiger partial charge in [-0.3, -0.25) is 5.10 Å². The van der Waals surface area contributed by atoms with Crippen LogP contribution in [0.5, 0.6) is 0 Å². The van der Waals surface area contributed by atoms with Crippen molar-refractivity contribution in [3.8, 4) is 0 Å². The van der Waals surface area contributed by atoms with Crippen LogP contribution in [0.1, 0.15) is 26.3 Å². The normalized spacial score (nSPS) is 13.3. The van der Waals surface area contributed by atoms with Crippen LogP contribution >= 0.6 is 0 Å².